The molecule has 2 rings (SSSR count). The van der Waals surface area contributed by atoms with Crippen molar-refractivity contribution in [1.29, 1.82) is 0 Å². The van der Waals surface area contributed by atoms with Crippen molar-refractivity contribution in [2.75, 3.05) is 0 Å². The molecule has 23 heavy (non-hydrogen) atoms. The summed E-state index contributed by atoms with van der Waals surface area (Å²) in [7, 11) is -1.99. The van der Waals surface area contributed by atoms with E-state index in [9.17, 15) is 0 Å². The van der Waals surface area contributed by atoms with Gasteiger partial charge in [-0.25, -0.2) is 0 Å². The lowest BCUT2D eigenvalue weighted by Gasteiger charge is -2.25. The minimum Gasteiger partial charge on any atom is -0.449 e. The second-order valence-electron chi connectivity index (χ2n) is 4.51. The Labute approximate surface area is 141 Å². The standard InChI is InChI=1S/C20H14OSi2/c1-2-3-4-5-6-13-18-23(21-22,19-14-9-7-10-15-19)20-16-11-8-12-17-20/h1,7-12,14-17H,22H3. The molecule has 0 amide bonds. The van der Waals surface area contributed by atoms with Gasteiger partial charge in [0.25, 0.3) is 0 Å². The van der Waals surface area contributed by atoms with Gasteiger partial charge in [-0.3, -0.25) is 0 Å². The minimum absolute atomic E-state index is 0.593. The molecule has 2 aromatic rings. The van der Waals surface area contributed by atoms with Gasteiger partial charge in [-0.2, -0.15) is 0 Å². The maximum absolute atomic E-state index is 6.11. The zero-order valence-electron chi connectivity index (χ0n) is 12.8. The third kappa shape index (κ3) is 4.05. The Kier molecular flexibility index (Phi) is 6.08. The molecule has 0 saturated carbocycles. The molecule has 0 aliphatic heterocycles. The quantitative estimate of drug-likeness (QED) is 0.579. The smallest absolute Gasteiger partial charge is 0.327 e. The summed E-state index contributed by atoms with van der Waals surface area (Å²) in [5.41, 5.74) is 3.30. The van der Waals surface area contributed by atoms with E-state index in [0.717, 1.165) is 10.4 Å². The molecular weight excluding hydrogens is 312 g/mol. The van der Waals surface area contributed by atoms with Gasteiger partial charge in [-0.1, -0.05) is 66.2 Å². The van der Waals surface area contributed by atoms with Crippen molar-refractivity contribution in [3.63, 3.8) is 0 Å². The molecule has 0 spiro atoms. The van der Waals surface area contributed by atoms with Gasteiger partial charge in [0.1, 0.15) is 10.5 Å². The molecule has 108 valence electrons. The first-order valence-corrected chi connectivity index (χ1v) is 9.70. The highest BCUT2D eigenvalue weighted by Gasteiger charge is 2.36. The topological polar surface area (TPSA) is 9.23 Å². The van der Waals surface area contributed by atoms with Gasteiger partial charge in [0.15, 0.2) is 0 Å². The average molecular weight is 327 g/mol. The molecule has 0 aliphatic rings. The van der Waals surface area contributed by atoms with Crippen molar-refractivity contribution in [2.45, 2.75) is 0 Å². The summed E-state index contributed by atoms with van der Waals surface area (Å²) < 4.78 is 6.11. The highest BCUT2D eigenvalue weighted by molar-refractivity contribution is 7.04. The van der Waals surface area contributed by atoms with Crippen LogP contribution in [0.25, 0.3) is 0 Å². The van der Waals surface area contributed by atoms with E-state index < -0.39 is 8.32 Å². The van der Waals surface area contributed by atoms with E-state index >= 15 is 0 Å². The van der Waals surface area contributed by atoms with Crippen molar-refractivity contribution in [3.05, 3.63) is 60.7 Å². The van der Waals surface area contributed by atoms with Crippen LogP contribution in [0.15, 0.2) is 60.7 Å². The number of benzene rings is 2. The Balaban J connectivity index is 2.54. The van der Waals surface area contributed by atoms with Crippen LogP contribution >= 0.6 is 0 Å². The molecule has 0 N–H and O–H groups in total. The van der Waals surface area contributed by atoms with Gasteiger partial charge < -0.3 is 4.12 Å². The summed E-state index contributed by atoms with van der Waals surface area (Å²) in [6.45, 7) is 0. The van der Waals surface area contributed by atoms with Crippen LogP contribution in [-0.4, -0.2) is 18.8 Å². The van der Waals surface area contributed by atoms with Crippen LogP contribution in [0.2, 0.25) is 0 Å². The molecule has 0 radical (unpaired) electrons. The predicted molar refractivity (Wildman–Crippen MR) is 101 cm³/mol. The fraction of sp³-hybridized carbons (Fsp3) is 0. The first kappa shape index (κ1) is 16.4. The van der Waals surface area contributed by atoms with E-state index in [1.807, 2.05) is 36.4 Å². The Bertz CT molecular complexity index is 837. The van der Waals surface area contributed by atoms with Crippen LogP contribution in [0.1, 0.15) is 0 Å². The van der Waals surface area contributed by atoms with Gasteiger partial charge in [0.05, 0.1) is 0 Å². The first-order valence-electron chi connectivity index (χ1n) is 6.97. The molecule has 0 unspecified atom stereocenters. The van der Waals surface area contributed by atoms with Gasteiger partial charge >= 0.3 is 8.32 Å². The largest absolute Gasteiger partial charge is 0.449 e. The summed E-state index contributed by atoms with van der Waals surface area (Å²) >= 11 is 0. The van der Waals surface area contributed by atoms with Crippen molar-refractivity contribution in [3.8, 4) is 47.5 Å². The fourth-order valence-electron chi connectivity index (χ4n) is 2.19. The molecule has 0 heterocycles. The van der Waals surface area contributed by atoms with E-state index in [-0.39, 0.29) is 0 Å². The van der Waals surface area contributed by atoms with Gasteiger partial charge in [-0.05, 0) is 45.9 Å². The number of hydrogen-bond donors (Lipinski definition) is 0. The molecule has 0 aromatic heterocycles. The number of hydrogen-bond acceptors (Lipinski definition) is 1. The summed E-state index contributed by atoms with van der Waals surface area (Å²) in [5, 5.41) is 2.23. The van der Waals surface area contributed by atoms with Crippen LogP contribution in [-0.2, 0) is 4.12 Å². The molecular formula is C20H14OSi2. The molecule has 0 fully saturated rings. The van der Waals surface area contributed by atoms with Crippen LogP contribution in [0.3, 0.4) is 0 Å². The normalized spacial score (nSPS) is 9.17. The minimum atomic E-state index is -2.58. The molecule has 2 aromatic carbocycles. The molecule has 0 aliphatic carbocycles. The maximum atomic E-state index is 6.11. The Hall–Kier alpha value is -2.93. The van der Waals surface area contributed by atoms with Gasteiger partial charge in [0, 0.05) is 0 Å². The average Bonchev–Trinajstić information content (AvgIpc) is 2.63. The second kappa shape index (κ2) is 8.50. The Morgan fingerprint density at radius 1 is 0.739 bits per heavy atom. The summed E-state index contributed by atoms with van der Waals surface area (Å²) in [4.78, 5) is 0. The van der Waals surface area contributed by atoms with E-state index in [0.29, 0.717) is 10.5 Å². The van der Waals surface area contributed by atoms with Gasteiger partial charge in [-0.15, -0.1) is 6.42 Å². The van der Waals surface area contributed by atoms with Crippen molar-refractivity contribution >= 4 is 29.2 Å². The van der Waals surface area contributed by atoms with Crippen LogP contribution in [0, 0.1) is 47.5 Å². The summed E-state index contributed by atoms with van der Waals surface area (Å²) in [6, 6.07) is 20.3. The Morgan fingerprint density at radius 2 is 1.22 bits per heavy atom. The molecule has 0 bridgehead atoms. The molecule has 1 nitrogen and oxygen atoms in total. The van der Waals surface area contributed by atoms with E-state index in [4.69, 9.17) is 10.5 Å². The summed E-state index contributed by atoms with van der Waals surface area (Å²) in [5.74, 6) is 15.5. The zero-order valence-corrected chi connectivity index (χ0v) is 15.8. The Morgan fingerprint density at radius 3 is 1.70 bits per heavy atom. The lowest BCUT2D eigenvalue weighted by atomic mass is 10.4. The van der Waals surface area contributed by atoms with E-state index in [1.165, 1.54) is 0 Å². The zero-order chi connectivity index (χ0) is 16.4. The second-order valence-corrected chi connectivity index (χ2v) is 8.91. The lowest BCUT2D eigenvalue weighted by molar-refractivity contribution is 0.645. The number of terminal acetylenes is 1. The van der Waals surface area contributed by atoms with Crippen molar-refractivity contribution in [2.24, 2.45) is 0 Å². The third-order valence-electron chi connectivity index (χ3n) is 3.23. The third-order valence-corrected chi connectivity index (χ3v) is 8.45. The molecule has 3 heteroatoms. The predicted octanol–water partition coefficient (Wildman–Crippen LogP) is 0.226. The maximum Gasteiger partial charge on any atom is 0.327 e. The molecule has 0 saturated heterocycles. The number of rotatable bonds is 3. The van der Waals surface area contributed by atoms with E-state index in [2.05, 4.69) is 65.3 Å². The van der Waals surface area contributed by atoms with Crippen molar-refractivity contribution < 1.29 is 4.12 Å². The summed E-state index contributed by atoms with van der Waals surface area (Å²) in [6.07, 6.45) is 5.05. The van der Waals surface area contributed by atoms with E-state index in [1.54, 1.807) is 0 Å². The highest BCUT2D eigenvalue weighted by atomic mass is 28.4. The van der Waals surface area contributed by atoms with Crippen LogP contribution in [0.4, 0.5) is 0 Å². The van der Waals surface area contributed by atoms with Crippen molar-refractivity contribution in [1.82, 2.24) is 0 Å². The van der Waals surface area contributed by atoms with Crippen LogP contribution in [0.5, 0.6) is 0 Å². The molecule has 0 atom stereocenters. The van der Waals surface area contributed by atoms with Gasteiger partial charge in [0.2, 0.25) is 0 Å². The lowest BCUT2D eigenvalue weighted by Crippen LogP contribution is -2.59. The monoisotopic (exact) mass is 326 g/mol. The van der Waals surface area contributed by atoms with Crippen LogP contribution < -0.4 is 10.4 Å². The SMILES string of the molecule is C#CC#CC#CC#C[Si](O[SiH3])(c1ccccc1)c1ccccc1. The highest BCUT2D eigenvalue weighted by Crippen LogP contribution is 2.05. The fourth-order valence-corrected chi connectivity index (χ4v) is 6.67. The first-order chi connectivity index (χ1) is 11.3.